The van der Waals surface area contributed by atoms with Crippen molar-refractivity contribution in [1.29, 1.82) is 0 Å². The fourth-order valence-corrected chi connectivity index (χ4v) is 5.40. The molecule has 0 saturated heterocycles. The molecule has 3 nitrogen and oxygen atoms in total. The van der Waals surface area contributed by atoms with Gasteiger partial charge in [0.15, 0.2) is 0 Å². The molecule has 0 atom stereocenters. The van der Waals surface area contributed by atoms with Crippen LogP contribution < -0.4 is 5.48 Å². The minimum Gasteiger partial charge on any atom is -0.289 e. The number of hydrogen-bond donors (Lipinski definition) is 2. The molecule has 0 aromatic carbocycles. The Kier molecular flexibility index (Phi) is 32.5. The summed E-state index contributed by atoms with van der Waals surface area (Å²) in [5, 5.41) is 8.44. The van der Waals surface area contributed by atoms with Crippen molar-refractivity contribution in [3.63, 3.8) is 0 Å². The fraction of sp³-hybridized carbons (Fsp3) is 0.969. The van der Waals surface area contributed by atoms with Gasteiger partial charge >= 0.3 is 0 Å². The molecule has 216 valence electrons. The van der Waals surface area contributed by atoms with E-state index in [2.05, 4.69) is 0 Å². The van der Waals surface area contributed by atoms with Crippen molar-refractivity contribution in [2.75, 3.05) is 5.88 Å². The molecule has 0 aliphatic carbocycles. The van der Waals surface area contributed by atoms with E-state index in [-0.39, 0.29) is 5.91 Å². The molecule has 4 heteroatoms. The first kappa shape index (κ1) is 35.7. The van der Waals surface area contributed by atoms with Gasteiger partial charge in [-0.2, -0.15) is 0 Å². The van der Waals surface area contributed by atoms with Crippen molar-refractivity contribution in [3.8, 4) is 0 Å². The van der Waals surface area contributed by atoms with Crippen molar-refractivity contribution in [2.24, 2.45) is 0 Å². The Morgan fingerprint density at radius 3 is 0.778 bits per heavy atom. The lowest BCUT2D eigenvalue weighted by molar-refractivity contribution is -0.129. The zero-order chi connectivity index (χ0) is 26.2. The number of alkyl halides is 1. The van der Waals surface area contributed by atoms with E-state index in [1.807, 2.05) is 0 Å². The van der Waals surface area contributed by atoms with Crippen LogP contribution in [0.25, 0.3) is 0 Å². The molecule has 0 unspecified atom stereocenters. The summed E-state index contributed by atoms with van der Waals surface area (Å²) in [5.41, 5.74) is 1.70. The molecule has 0 aliphatic rings. The Bertz CT molecular complexity index is 419. The third-order valence-corrected chi connectivity index (χ3v) is 7.93. The van der Waals surface area contributed by atoms with E-state index in [0.29, 0.717) is 6.42 Å². The number of carbonyl (C=O) groups excluding carboxylic acids is 1. The van der Waals surface area contributed by atoms with Crippen LogP contribution in [0.1, 0.15) is 193 Å². The molecule has 2 N–H and O–H groups in total. The third-order valence-electron chi connectivity index (χ3n) is 7.66. The van der Waals surface area contributed by atoms with Crippen LogP contribution in [0.15, 0.2) is 0 Å². The van der Waals surface area contributed by atoms with E-state index < -0.39 is 0 Å². The topological polar surface area (TPSA) is 49.3 Å². The lowest BCUT2D eigenvalue weighted by atomic mass is 10.0. The van der Waals surface area contributed by atoms with E-state index in [1.165, 1.54) is 173 Å². The Morgan fingerprint density at radius 1 is 0.389 bits per heavy atom. The summed E-state index contributed by atoms with van der Waals surface area (Å²) < 4.78 is 0. The molecule has 36 heavy (non-hydrogen) atoms. The van der Waals surface area contributed by atoms with Gasteiger partial charge < -0.3 is 0 Å². The number of rotatable bonds is 31. The summed E-state index contributed by atoms with van der Waals surface area (Å²) in [6.07, 6.45) is 40.4. The smallest absolute Gasteiger partial charge is 0.243 e. The summed E-state index contributed by atoms with van der Waals surface area (Å²) in [7, 11) is 0. The van der Waals surface area contributed by atoms with Crippen LogP contribution in [0.4, 0.5) is 0 Å². The predicted octanol–water partition coefficient (Wildman–Crippen LogP) is 11.4. The molecular formula is C32H64ClNO2. The van der Waals surface area contributed by atoms with Crippen LogP contribution >= 0.6 is 11.6 Å². The number of nitrogens with one attached hydrogen (secondary N) is 1. The molecule has 0 heterocycles. The maximum Gasteiger partial charge on any atom is 0.243 e. The fourth-order valence-electron chi connectivity index (χ4n) is 5.21. The van der Waals surface area contributed by atoms with Crippen molar-refractivity contribution in [1.82, 2.24) is 5.48 Å². The molecule has 0 bridgehead atoms. The lowest BCUT2D eigenvalue weighted by Crippen LogP contribution is -2.17. The Balaban J connectivity index is 3.03. The molecule has 0 rings (SSSR count). The maximum absolute atomic E-state index is 10.9. The third kappa shape index (κ3) is 31.7. The maximum atomic E-state index is 10.9. The molecule has 0 aliphatic heterocycles. The highest BCUT2D eigenvalue weighted by atomic mass is 35.5. The summed E-state index contributed by atoms with van der Waals surface area (Å²) in [5.74, 6) is 0.581. The van der Waals surface area contributed by atoms with Gasteiger partial charge in [-0.1, -0.05) is 173 Å². The van der Waals surface area contributed by atoms with Crippen molar-refractivity contribution in [2.45, 2.75) is 193 Å². The van der Waals surface area contributed by atoms with E-state index in [9.17, 15) is 4.79 Å². The zero-order valence-electron chi connectivity index (χ0n) is 24.2. The summed E-state index contributed by atoms with van der Waals surface area (Å²) in [6, 6.07) is 0. The molecule has 0 spiro atoms. The highest BCUT2D eigenvalue weighted by molar-refractivity contribution is 6.17. The standard InChI is InChI=1S/C32H64ClNO2/c33-31-29-27-25-23-21-19-17-15-13-11-9-7-5-3-1-2-4-6-8-10-12-14-16-18-20-22-24-26-28-30-32(35)34-36/h36H,1-31H2,(H,34,35). The molecule has 0 aromatic rings. The van der Waals surface area contributed by atoms with Crippen LogP contribution in [0.3, 0.4) is 0 Å². The SMILES string of the molecule is O=C(CCCCCCCCCCCCCCCCCCCCCCCCCCCCCCCCl)NO. The van der Waals surface area contributed by atoms with Crippen LogP contribution in [-0.2, 0) is 4.79 Å². The summed E-state index contributed by atoms with van der Waals surface area (Å²) >= 11 is 5.71. The van der Waals surface area contributed by atoms with Gasteiger partial charge in [-0.15, -0.1) is 11.6 Å². The number of unbranched alkanes of at least 4 members (excludes halogenated alkanes) is 28. The monoisotopic (exact) mass is 529 g/mol. The zero-order valence-corrected chi connectivity index (χ0v) is 24.9. The predicted molar refractivity (Wildman–Crippen MR) is 159 cm³/mol. The van der Waals surface area contributed by atoms with Gasteiger partial charge in [0.05, 0.1) is 0 Å². The van der Waals surface area contributed by atoms with E-state index in [4.69, 9.17) is 16.8 Å². The van der Waals surface area contributed by atoms with Crippen molar-refractivity contribution >= 4 is 17.5 Å². The van der Waals surface area contributed by atoms with Gasteiger partial charge in [0.2, 0.25) is 5.91 Å². The number of halogens is 1. The van der Waals surface area contributed by atoms with Crippen LogP contribution in [0.2, 0.25) is 0 Å². The van der Waals surface area contributed by atoms with Crippen molar-refractivity contribution in [3.05, 3.63) is 0 Å². The number of amides is 1. The molecule has 0 saturated carbocycles. The first-order valence-corrected chi connectivity index (χ1v) is 16.8. The Labute approximate surface area is 231 Å². The first-order valence-electron chi connectivity index (χ1n) is 16.3. The van der Waals surface area contributed by atoms with Crippen molar-refractivity contribution < 1.29 is 10.0 Å². The number of carbonyl (C=O) groups is 1. The molecule has 1 amide bonds. The summed E-state index contributed by atoms with van der Waals surface area (Å²) in [6.45, 7) is 0. The summed E-state index contributed by atoms with van der Waals surface area (Å²) in [4.78, 5) is 10.9. The van der Waals surface area contributed by atoms with Gasteiger partial charge in [0.1, 0.15) is 0 Å². The van der Waals surface area contributed by atoms with Crippen LogP contribution in [0.5, 0.6) is 0 Å². The van der Waals surface area contributed by atoms with Gasteiger partial charge in [0, 0.05) is 12.3 Å². The van der Waals surface area contributed by atoms with E-state index >= 15 is 0 Å². The quantitative estimate of drug-likeness (QED) is 0.0405. The average Bonchev–Trinajstić information content (AvgIpc) is 2.89. The molecular weight excluding hydrogens is 466 g/mol. The minimum atomic E-state index is -0.256. The molecule has 0 fully saturated rings. The second-order valence-electron chi connectivity index (χ2n) is 11.2. The largest absolute Gasteiger partial charge is 0.289 e. The minimum absolute atomic E-state index is 0.256. The van der Waals surface area contributed by atoms with Crippen LogP contribution in [-0.4, -0.2) is 17.0 Å². The Morgan fingerprint density at radius 2 is 0.583 bits per heavy atom. The van der Waals surface area contributed by atoms with Crippen LogP contribution in [0, 0.1) is 0 Å². The number of hydroxylamine groups is 1. The second kappa shape index (κ2) is 32.7. The van der Waals surface area contributed by atoms with E-state index in [0.717, 1.165) is 18.7 Å². The van der Waals surface area contributed by atoms with E-state index in [1.54, 1.807) is 5.48 Å². The highest BCUT2D eigenvalue weighted by Crippen LogP contribution is 2.16. The highest BCUT2D eigenvalue weighted by Gasteiger charge is 1.99. The molecule has 0 radical (unpaired) electrons. The lowest BCUT2D eigenvalue weighted by Gasteiger charge is -2.04. The number of hydrogen-bond acceptors (Lipinski definition) is 2. The first-order chi connectivity index (χ1) is 17.8. The second-order valence-corrected chi connectivity index (χ2v) is 11.6. The van der Waals surface area contributed by atoms with Gasteiger partial charge in [-0.3, -0.25) is 10.0 Å². The normalized spacial score (nSPS) is 11.3. The average molecular weight is 530 g/mol. The van der Waals surface area contributed by atoms with Gasteiger partial charge in [-0.25, -0.2) is 5.48 Å². The van der Waals surface area contributed by atoms with Gasteiger partial charge in [0.25, 0.3) is 0 Å². The van der Waals surface area contributed by atoms with Gasteiger partial charge in [-0.05, 0) is 12.8 Å². The Hall–Kier alpha value is -0.280. The molecule has 0 aromatic heterocycles.